The van der Waals surface area contributed by atoms with E-state index < -0.39 is 10.2 Å². The van der Waals surface area contributed by atoms with Gasteiger partial charge in [0.25, 0.3) is 16.8 Å². The molecule has 4 rings (SSSR count). The molecule has 0 aromatic heterocycles. The third-order valence-electron chi connectivity index (χ3n) is 4.53. The van der Waals surface area contributed by atoms with Crippen molar-refractivity contribution in [2.24, 2.45) is 0 Å². The molecule has 2 amide bonds. The van der Waals surface area contributed by atoms with Crippen LogP contribution < -0.4 is 14.8 Å². The fourth-order valence-electron chi connectivity index (χ4n) is 2.99. The minimum absolute atomic E-state index is 0.0251. The lowest BCUT2D eigenvalue weighted by Crippen LogP contribution is -2.41. The van der Waals surface area contributed by atoms with E-state index in [1.807, 2.05) is 0 Å². The summed E-state index contributed by atoms with van der Waals surface area (Å²) in [5.74, 6) is 0.504. The van der Waals surface area contributed by atoms with Gasteiger partial charge in [0.1, 0.15) is 18.1 Å². The fourth-order valence-corrected chi connectivity index (χ4v) is 3.54. The van der Waals surface area contributed by atoms with Crippen LogP contribution in [0.3, 0.4) is 0 Å². The van der Waals surface area contributed by atoms with Crippen LogP contribution in [0.25, 0.3) is 6.08 Å². The topological polar surface area (TPSA) is 128 Å². The van der Waals surface area contributed by atoms with Gasteiger partial charge in [-0.15, -0.1) is 0 Å². The molecular formula is C20H15N3O7S. The summed E-state index contributed by atoms with van der Waals surface area (Å²) in [6, 6.07) is 10.8. The molecule has 0 aliphatic carbocycles. The highest BCUT2D eigenvalue weighted by Crippen LogP contribution is 2.28. The van der Waals surface area contributed by atoms with Gasteiger partial charge in [0.15, 0.2) is 6.73 Å². The van der Waals surface area contributed by atoms with Gasteiger partial charge in [-0.3, -0.25) is 24.5 Å². The van der Waals surface area contributed by atoms with Gasteiger partial charge in [-0.1, -0.05) is 12.1 Å². The van der Waals surface area contributed by atoms with Gasteiger partial charge in [-0.2, -0.15) is 0 Å². The van der Waals surface area contributed by atoms with Crippen molar-refractivity contribution < 1.29 is 28.8 Å². The van der Waals surface area contributed by atoms with Gasteiger partial charge in [0.2, 0.25) is 5.12 Å². The molecule has 0 radical (unpaired) electrons. The van der Waals surface area contributed by atoms with E-state index in [0.29, 0.717) is 23.3 Å². The molecule has 0 saturated carbocycles. The molecule has 31 heavy (non-hydrogen) atoms. The zero-order chi connectivity index (χ0) is 22.0. The second-order valence-electron chi connectivity index (χ2n) is 6.56. The molecule has 2 aromatic carbocycles. The van der Waals surface area contributed by atoms with Gasteiger partial charge < -0.3 is 19.7 Å². The molecule has 1 N–H and O–H groups in total. The number of nitro groups is 1. The van der Waals surface area contributed by atoms with E-state index in [-0.39, 0.29) is 47.9 Å². The molecule has 0 unspecified atom stereocenters. The van der Waals surface area contributed by atoms with Gasteiger partial charge in [0, 0.05) is 23.9 Å². The first kappa shape index (κ1) is 20.4. The third kappa shape index (κ3) is 4.51. The molecule has 158 valence electrons. The summed E-state index contributed by atoms with van der Waals surface area (Å²) < 4.78 is 11.2. The van der Waals surface area contributed by atoms with Crippen molar-refractivity contribution in [3.05, 3.63) is 69.4 Å². The average Bonchev–Trinajstić information content (AvgIpc) is 3.07. The maximum atomic E-state index is 12.6. The Morgan fingerprint density at radius 2 is 1.97 bits per heavy atom. The molecule has 0 spiro atoms. The number of nitrogens with zero attached hydrogens (tertiary/aromatic N) is 2. The summed E-state index contributed by atoms with van der Waals surface area (Å²) in [5.41, 5.74) is 0.912. The molecule has 1 fully saturated rings. The Hall–Kier alpha value is -3.86. The monoisotopic (exact) mass is 441 g/mol. The quantitative estimate of drug-likeness (QED) is 0.412. The molecular weight excluding hydrogens is 426 g/mol. The minimum Gasteiger partial charge on any atom is -0.492 e. The Labute approximate surface area is 180 Å². The normalized spacial score (nSPS) is 16.7. The number of hydrogen-bond donors (Lipinski definition) is 1. The lowest BCUT2D eigenvalue weighted by molar-refractivity contribution is -0.384. The number of nitro benzene ring substituents is 1. The van der Waals surface area contributed by atoms with E-state index in [1.54, 1.807) is 30.3 Å². The lowest BCUT2D eigenvalue weighted by Gasteiger charge is -2.28. The number of carbonyl (C=O) groups excluding carboxylic acids is 3. The number of amides is 2. The van der Waals surface area contributed by atoms with E-state index in [0.717, 1.165) is 5.56 Å². The van der Waals surface area contributed by atoms with Crippen LogP contribution in [0.4, 0.5) is 10.5 Å². The van der Waals surface area contributed by atoms with Crippen LogP contribution in [-0.2, 0) is 4.79 Å². The van der Waals surface area contributed by atoms with Crippen LogP contribution >= 0.6 is 11.8 Å². The van der Waals surface area contributed by atoms with Gasteiger partial charge in [-0.25, -0.2) is 0 Å². The van der Waals surface area contributed by atoms with Crippen molar-refractivity contribution in [3.8, 4) is 11.5 Å². The van der Waals surface area contributed by atoms with E-state index >= 15 is 0 Å². The summed E-state index contributed by atoms with van der Waals surface area (Å²) >= 11 is 0.616. The molecule has 2 aliphatic heterocycles. The summed E-state index contributed by atoms with van der Waals surface area (Å²) in [5, 5.41) is 12.7. The van der Waals surface area contributed by atoms with Crippen LogP contribution in [0, 0.1) is 10.1 Å². The predicted octanol–water partition coefficient (Wildman–Crippen LogP) is 2.79. The minimum atomic E-state index is -0.565. The first-order valence-electron chi connectivity index (χ1n) is 9.09. The fraction of sp³-hybridized carbons (Fsp3) is 0.150. The average molecular weight is 441 g/mol. The Kier molecular flexibility index (Phi) is 5.58. The highest BCUT2D eigenvalue weighted by atomic mass is 32.2. The Balaban J connectivity index is 1.33. The highest BCUT2D eigenvalue weighted by molar-refractivity contribution is 8.27. The van der Waals surface area contributed by atoms with Crippen LogP contribution in [-0.4, -0.2) is 46.0 Å². The molecule has 2 heterocycles. The van der Waals surface area contributed by atoms with E-state index in [1.165, 1.54) is 23.1 Å². The number of benzene rings is 2. The summed E-state index contributed by atoms with van der Waals surface area (Å²) in [4.78, 5) is 47.2. The number of hydrogen-bond acceptors (Lipinski definition) is 8. The summed E-state index contributed by atoms with van der Waals surface area (Å²) in [6.07, 6.45) is 1.57. The lowest BCUT2D eigenvalue weighted by atomic mass is 10.1. The van der Waals surface area contributed by atoms with Gasteiger partial charge >= 0.3 is 0 Å². The summed E-state index contributed by atoms with van der Waals surface area (Å²) in [7, 11) is 0. The van der Waals surface area contributed by atoms with Crippen LogP contribution in [0.2, 0.25) is 0 Å². The Bertz CT molecular complexity index is 1110. The molecule has 10 nitrogen and oxygen atoms in total. The Morgan fingerprint density at radius 3 is 2.65 bits per heavy atom. The number of non-ortho nitro benzene ring substituents is 1. The van der Waals surface area contributed by atoms with Gasteiger partial charge in [0.05, 0.1) is 22.7 Å². The highest BCUT2D eigenvalue weighted by Gasteiger charge is 2.28. The number of fused-ring (bicyclic) bond motifs is 1. The molecule has 1 saturated heterocycles. The molecule has 0 atom stereocenters. The van der Waals surface area contributed by atoms with Crippen LogP contribution in [0.5, 0.6) is 11.5 Å². The standard InChI is InChI=1S/C20H15N3O7S/c24-18-15-10-13(23(27)28)3-6-17(15)30-11-22(18)7-8-29-14-4-1-12(2-5-14)9-16-19(25)31-20(26)21-16/h1-6,9-10H,7-8,11H2,(H,21,26). The number of carbonyl (C=O) groups is 3. The van der Waals surface area contributed by atoms with E-state index in [9.17, 15) is 24.5 Å². The first-order chi connectivity index (χ1) is 14.9. The third-order valence-corrected chi connectivity index (χ3v) is 5.22. The summed E-state index contributed by atoms with van der Waals surface area (Å²) in [6.45, 7) is 0.437. The SMILES string of the molecule is O=C1NC(=Cc2ccc(OCCN3COc4ccc([N+](=O)[O-])cc4C3=O)cc2)C(=O)S1. The molecule has 11 heteroatoms. The smallest absolute Gasteiger partial charge is 0.291 e. The Morgan fingerprint density at radius 1 is 1.19 bits per heavy atom. The van der Waals surface area contributed by atoms with Crippen molar-refractivity contribution >= 4 is 39.8 Å². The number of rotatable bonds is 6. The maximum absolute atomic E-state index is 12.6. The predicted molar refractivity (Wildman–Crippen MR) is 111 cm³/mol. The van der Waals surface area contributed by atoms with Crippen molar-refractivity contribution in [3.63, 3.8) is 0 Å². The van der Waals surface area contributed by atoms with Gasteiger partial charge in [-0.05, 0) is 29.8 Å². The van der Waals surface area contributed by atoms with Crippen molar-refractivity contribution in [2.45, 2.75) is 0 Å². The molecule has 0 bridgehead atoms. The van der Waals surface area contributed by atoms with E-state index in [4.69, 9.17) is 9.47 Å². The van der Waals surface area contributed by atoms with Crippen LogP contribution in [0.15, 0.2) is 48.2 Å². The second kappa shape index (κ2) is 8.48. The van der Waals surface area contributed by atoms with Crippen molar-refractivity contribution in [1.29, 1.82) is 0 Å². The second-order valence-corrected chi connectivity index (χ2v) is 7.50. The first-order valence-corrected chi connectivity index (χ1v) is 9.90. The number of ether oxygens (including phenoxy) is 2. The van der Waals surface area contributed by atoms with Crippen molar-refractivity contribution in [1.82, 2.24) is 10.2 Å². The zero-order valence-electron chi connectivity index (χ0n) is 15.9. The largest absolute Gasteiger partial charge is 0.492 e. The number of nitrogens with one attached hydrogen (secondary N) is 1. The molecule has 2 aliphatic rings. The maximum Gasteiger partial charge on any atom is 0.291 e. The van der Waals surface area contributed by atoms with Crippen LogP contribution in [0.1, 0.15) is 15.9 Å². The number of thioether (sulfide) groups is 1. The molecule has 2 aromatic rings. The van der Waals surface area contributed by atoms with E-state index in [2.05, 4.69) is 5.32 Å². The van der Waals surface area contributed by atoms with Crippen molar-refractivity contribution in [2.75, 3.05) is 19.9 Å². The zero-order valence-corrected chi connectivity index (χ0v) is 16.7.